The number of carbonyl (C=O) groups excluding carboxylic acids is 3. The van der Waals surface area contributed by atoms with Crippen molar-refractivity contribution in [2.75, 3.05) is 32.9 Å². The highest BCUT2D eigenvalue weighted by Gasteiger charge is 2.34. The summed E-state index contributed by atoms with van der Waals surface area (Å²) in [5, 5.41) is 5.47. The van der Waals surface area contributed by atoms with Gasteiger partial charge in [0.05, 0.1) is 13.0 Å². The molecule has 1 fully saturated rings. The molecule has 1 atom stereocenters. The van der Waals surface area contributed by atoms with Gasteiger partial charge in [0.15, 0.2) is 5.11 Å². The van der Waals surface area contributed by atoms with E-state index in [0.717, 1.165) is 18.6 Å². The summed E-state index contributed by atoms with van der Waals surface area (Å²) in [5.41, 5.74) is 0.377. The Hall–Kier alpha value is -3.66. The SMILES string of the molecule is CCCCOC(=O)CC1C(=O)NCCN1C(=S)NC(=O)c1ccc(OCCOc2ccccc2)cc1. The number of nitrogens with one attached hydrogen (secondary N) is 2. The molecule has 1 heterocycles. The summed E-state index contributed by atoms with van der Waals surface area (Å²) < 4.78 is 16.4. The Bertz CT molecular complexity index is 1030. The molecule has 192 valence electrons. The summed E-state index contributed by atoms with van der Waals surface area (Å²) in [7, 11) is 0. The summed E-state index contributed by atoms with van der Waals surface area (Å²) in [6.45, 7) is 3.77. The maximum atomic E-state index is 12.7. The Morgan fingerprint density at radius 3 is 2.36 bits per heavy atom. The van der Waals surface area contributed by atoms with Gasteiger partial charge in [-0.3, -0.25) is 19.7 Å². The van der Waals surface area contributed by atoms with Crippen LogP contribution in [0, 0.1) is 0 Å². The number of piperazine rings is 1. The number of rotatable bonds is 11. The van der Waals surface area contributed by atoms with Crippen molar-refractivity contribution < 1.29 is 28.6 Å². The number of esters is 1. The molecule has 0 spiro atoms. The molecule has 3 rings (SSSR count). The van der Waals surface area contributed by atoms with Crippen molar-refractivity contribution in [3.63, 3.8) is 0 Å². The van der Waals surface area contributed by atoms with Gasteiger partial charge in [-0.25, -0.2) is 0 Å². The Balaban J connectivity index is 1.48. The van der Waals surface area contributed by atoms with Crippen LogP contribution in [0.1, 0.15) is 36.5 Å². The van der Waals surface area contributed by atoms with Crippen molar-refractivity contribution in [3.8, 4) is 11.5 Å². The van der Waals surface area contributed by atoms with Gasteiger partial charge in [0, 0.05) is 18.7 Å². The first kappa shape index (κ1) is 26.9. The van der Waals surface area contributed by atoms with Crippen LogP contribution in [-0.2, 0) is 14.3 Å². The fourth-order valence-electron chi connectivity index (χ4n) is 3.49. The quantitative estimate of drug-likeness (QED) is 0.268. The number of unbranched alkanes of at least 4 members (excludes halogenated alkanes) is 1. The Morgan fingerprint density at radius 1 is 1.03 bits per heavy atom. The van der Waals surface area contributed by atoms with E-state index in [9.17, 15) is 14.4 Å². The molecular formula is C26H31N3O6S. The van der Waals surface area contributed by atoms with Crippen LogP contribution in [0.15, 0.2) is 54.6 Å². The lowest BCUT2D eigenvalue weighted by Gasteiger charge is -2.36. The molecule has 1 saturated heterocycles. The van der Waals surface area contributed by atoms with Gasteiger partial charge in [0.1, 0.15) is 30.8 Å². The van der Waals surface area contributed by atoms with Gasteiger partial charge in [0.25, 0.3) is 5.91 Å². The van der Waals surface area contributed by atoms with E-state index in [1.165, 1.54) is 0 Å². The van der Waals surface area contributed by atoms with Gasteiger partial charge in [-0.05, 0) is 55.0 Å². The van der Waals surface area contributed by atoms with Crippen molar-refractivity contribution in [1.82, 2.24) is 15.5 Å². The standard InChI is InChI=1S/C26H31N3O6S/c1-2-3-15-35-23(30)18-22-25(32)27-13-14-29(22)26(36)28-24(31)19-9-11-21(12-10-19)34-17-16-33-20-7-5-4-6-8-20/h4-12,22H,2-3,13-18H2,1H3,(H,27,32)(H,28,31,36). The Morgan fingerprint density at radius 2 is 1.69 bits per heavy atom. The van der Waals surface area contributed by atoms with Crippen LogP contribution >= 0.6 is 12.2 Å². The van der Waals surface area contributed by atoms with E-state index < -0.39 is 17.9 Å². The Kier molecular flexibility index (Phi) is 10.5. The molecule has 0 aliphatic carbocycles. The molecule has 10 heteroatoms. The molecule has 0 bridgehead atoms. The summed E-state index contributed by atoms with van der Waals surface area (Å²) in [4.78, 5) is 38.8. The molecule has 2 N–H and O–H groups in total. The predicted molar refractivity (Wildman–Crippen MR) is 138 cm³/mol. The van der Waals surface area contributed by atoms with Gasteiger partial charge in [0.2, 0.25) is 5.91 Å². The number of benzene rings is 2. The normalized spacial score (nSPS) is 15.0. The summed E-state index contributed by atoms with van der Waals surface area (Å²) in [6.07, 6.45) is 1.51. The van der Waals surface area contributed by atoms with Crippen LogP contribution in [0.4, 0.5) is 0 Å². The molecular weight excluding hydrogens is 482 g/mol. The zero-order valence-electron chi connectivity index (χ0n) is 20.2. The highest BCUT2D eigenvalue weighted by atomic mass is 32.1. The number of amides is 2. The lowest BCUT2D eigenvalue weighted by Crippen LogP contribution is -2.60. The maximum absolute atomic E-state index is 12.7. The number of ether oxygens (including phenoxy) is 3. The molecule has 1 aliphatic rings. The number of thiocarbonyl (C=S) groups is 1. The zero-order chi connectivity index (χ0) is 25.8. The van der Waals surface area contributed by atoms with Crippen LogP contribution in [0.2, 0.25) is 0 Å². The second kappa shape index (κ2) is 14.0. The summed E-state index contributed by atoms with van der Waals surface area (Å²) in [6, 6.07) is 15.2. The average molecular weight is 514 g/mol. The van der Waals surface area contributed by atoms with Crippen LogP contribution < -0.4 is 20.1 Å². The molecule has 9 nitrogen and oxygen atoms in total. The molecule has 1 aliphatic heterocycles. The van der Waals surface area contributed by atoms with Gasteiger partial charge in [-0.1, -0.05) is 31.5 Å². The van der Waals surface area contributed by atoms with E-state index in [-0.39, 0.29) is 17.4 Å². The lowest BCUT2D eigenvalue weighted by atomic mass is 10.1. The number of hydrogen-bond donors (Lipinski definition) is 2. The highest BCUT2D eigenvalue weighted by molar-refractivity contribution is 7.80. The minimum Gasteiger partial charge on any atom is -0.490 e. The van der Waals surface area contributed by atoms with Crippen LogP contribution in [-0.4, -0.2) is 66.7 Å². The molecule has 2 aromatic carbocycles. The predicted octanol–water partition coefficient (Wildman–Crippen LogP) is 2.69. The van der Waals surface area contributed by atoms with Crippen molar-refractivity contribution >= 4 is 35.1 Å². The third-order valence-corrected chi connectivity index (χ3v) is 5.75. The van der Waals surface area contributed by atoms with Crippen molar-refractivity contribution in [2.24, 2.45) is 0 Å². The molecule has 0 saturated carbocycles. The van der Waals surface area contributed by atoms with Gasteiger partial charge in [-0.2, -0.15) is 0 Å². The largest absolute Gasteiger partial charge is 0.490 e. The van der Waals surface area contributed by atoms with Crippen LogP contribution in [0.3, 0.4) is 0 Å². The highest BCUT2D eigenvalue weighted by Crippen LogP contribution is 2.15. The third kappa shape index (κ3) is 8.23. The monoisotopic (exact) mass is 513 g/mol. The van der Waals surface area contributed by atoms with Crippen LogP contribution in [0.5, 0.6) is 11.5 Å². The molecule has 2 amide bonds. The van der Waals surface area contributed by atoms with Gasteiger partial charge in [-0.15, -0.1) is 0 Å². The van der Waals surface area contributed by atoms with Crippen molar-refractivity contribution in [3.05, 3.63) is 60.2 Å². The first-order valence-corrected chi connectivity index (χ1v) is 12.3. The fourth-order valence-corrected chi connectivity index (χ4v) is 3.80. The zero-order valence-corrected chi connectivity index (χ0v) is 21.1. The number of hydrogen-bond acceptors (Lipinski definition) is 7. The van der Waals surface area contributed by atoms with Crippen LogP contribution in [0.25, 0.3) is 0 Å². The smallest absolute Gasteiger partial charge is 0.308 e. The van der Waals surface area contributed by atoms with Gasteiger partial charge >= 0.3 is 5.97 Å². The van der Waals surface area contributed by atoms with Gasteiger partial charge < -0.3 is 24.4 Å². The number of nitrogens with zero attached hydrogens (tertiary/aromatic N) is 1. The molecule has 36 heavy (non-hydrogen) atoms. The Labute approximate surface area is 216 Å². The minimum absolute atomic E-state index is 0.0830. The maximum Gasteiger partial charge on any atom is 0.308 e. The van der Waals surface area contributed by atoms with E-state index >= 15 is 0 Å². The van der Waals surface area contributed by atoms with Crippen molar-refractivity contribution in [2.45, 2.75) is 32.2 Å². The lowest BCUT2D eigenvalue weighted by molar-refractivity contribution is -0.147. The van der Waals surface area contributed by atoms with E-state index in [1.54, 1.807) is 29.2 Å². The van der Waals surface area contributed by atoms with E-state index in [2.05, 4.69) is 10.6 Å². The number of para-hydroxylation sites is 1. The molecule has 0 radical (unpaired) electrons. The van der Waals surface area contributed by atoms with E-state index in [1.807, 2.05) is 37.3 Å². The summed E-state index contributed by atoms with van der Waals surface area (Å²) in [5.74, 6) is 0.137. The first-order chi connectivity index (χ1) is 17.5. The average Bonchev–Trinajstić information content (AvgIpc) is 2.89. The second-order valence-electron chi connectivity index (χ2n) is 8.07. The third-order valence-electron chi connectivity index (χ3n) is 5.41. The summed E-state index contributed by atoms with van der Waals surface area (Å²) >= 11 is 5.40. The van der Waals surface area contributed by atoms with E-state index in [0.29, 0.717) is 44.2 Å². The minimum atomic E-state index is -0.838. The molecule has 1 unspecified atom stereocenters. The molecule has 0 aromatic heterocycles. The molecule has 2 aromatic rings. The fraction of sp³-hybridized carbons (Fsp3) is 0.385. The van der Waals surface area contributed by atoms with Crippen molar-refractivity contribution in [1.29, 1.82) is 0 Å². The first-order valence-electron chi connectivity index (χ1n) is 11.9. The second-order valence-corrected chi connectivity index (χ2v) is 8.46. The number of carbonyl (C=O) groups is 3. The van der Waals surface area contributed by atoms with E-state index in [4.69, 9.17) is 26.4 Å². The topological polar surface area (TPSA) is 106 Å².